The van der Waals surface area contributed by atoms with Crippen LogP contribution in [0.2, 0.25) is 0 Å². The fourth-order valence-electron chi connectivity index (χ4n) is 2.99. The number of nitrogens with zero attached hydrogens (tertiary/aromatic N) is 2. The summed E-state index contributed by atoms with van der Waals surface area (Å²) in [6.07, 6.45) is -1.14. The van der Waals surface area contributed by atoms with E-state index in [0.717, 1.165) is 6.07 Å². The van der Waals surface area contributed by atoms with Gasteiger partial charge in [-0.3, -0.25) is 4.79 Å². The molecule has 1 aliphatic heterocycles. The summed E-state index contributed by atoms with van der Waals surface area (Å²) in [6.45, 7) is 5.85. The Hall–Kier alpha value is -2.58. The van der Waals surface area contributed by atoms with Crippen molar-refractivity contribution in [2.24, 2.45) is 5.92 Å². The van der Waals surface area contributed by atoms with Gasteiger partial charge in [-0.05, 0) is 51.8 Å². The quantitative estimate of drug-likeness (QED) is 0.551. The molecule has 1 saturated heterocycles. The number of ether oxygens (including phenoxy) is 2. The standard InChI is InChI=1S/C20H25F3N2O4/c1-19(2,3)29-16(26)8-6-13-5-7-15(20(21,22)23)24-17(13)25-11-9-14(10-12-25)18(27)28-4/h5-8,14H,9-12H2,1-4H3/b8-6+. The molecule has 2 heterocycles. The summed E-state index contributed by atoms with van der Waals surface area (Å²) in [7, 11) is 1.31. The molecule has 29 heavy (non-hydrogen) atoms. The molecule has 0 unspecified atom stereocenters. The van der Waals surface area contributed by atoms with Crippen LogP contribution in [-0.4, -0.2) is 42.7 Å². The molecule has 0 bridgehead atoms. The number of methoxy groups -OCH3 is 1. The molecule has 1 fully saturated rings. The molecule has 0 atom stereocenters. The van der Waals surface area contributed by atoms with Crippen molar-refractivity contribution in [2.45, 2.75) is 45.4 Å². The fourth-order valence-corrected chi connectivity index (χ4v) is 2.99. The predicted octanol–water partition coefficient (Wildman–Crippen LogP) is 3.84. The first kappa shape index (κ1) is 22.7. The molecule has 1 aromatic heterocycles. The number of hydrogen-bond donors (Lipinski definition) is 0. The van der Waals surface area contributed by atoms with Gasteiger partial charge in [0.2, 0.25) is 0 Å². The molecule has 1 aliphatic rings. The van der Waals surface area contributed by atoms with Gasteiger partial charge in [-0.15, -0.1) is 0 Å². The van der Waals surface area contributed by atoms with Crippen molar-refractivity contribution in [3.8, 4) is 0 Å². The lowest BCUT2D eigenvalue weighted by molar-refractivity contribution is -0.148. The van der Waals surface area contributed by atoms with E-state index in [1.54, 1.807) is 25.7 Å². The van der Waals surface area contributed by atoms with Gasteiger partial charge >= 0.3 is 18.1 Å². The number of pyridine rings is 1. The van der Waals surface area contributed by atoms with Crippen molar-refractivity contribution in [1.29, 1.82) is 0 Å². The van der Waals surface area contributed by atoms with E-state index in [-0.39, 0.29) is 17.7 Å². The molecular formula is C20H25F3N2O4. The van der Waals surface area contributed by atoms with Crippen LogP contribution in [0.4, 0.5) is 19.0 Å². The number of carbonyl (C=O) groups is 2. The maximum absolute atomic E-state index is 13.1. The number of anilines is 1. The number of piperidine rings is 1. The monoisotopic (exact) mass is 414 g/mol. The van der Waals surface area contributed by atoms with Crippen molar-refractivity contribution in [1.82, 2.24) is 4.98 Å². The van der Waals surface area contributed by atoms with Crippen molar-refractivity contribution in [3.05, 3.63) is 29.5 Å². The second-order valence-corrected chi connectivity index (χ2v) is 7.76. The minimum Gasteiger partial charge on any atom is -0.469 e. The van der Waals surface area contributed by atoms with Crippen LogP contribution in [0.1, 0.15) is 44.9 Å². The Balaban J connectivity index is 2.28. The van der Waals surface area contributed by atoms with E-state index in [0.29, 0.717) is 31.5 Å². The molecule has 0 aliphatic carbocycles. The number of carbonyl (C=O) groups excluding carboxylic acids is 2. The predicted molar refractivity (Wildman–Crippen MR) is 101 cm³/mol. The van der Waals surface area contributed by atoms with Gasteiger partial charge in [0.05, 0.1) is 13.0 Å². The van der Waals surface area contributed by atoms with E-state index in [1.807, 2.05) is 0 Å². The zero-order valence-electron chi connectivity index (χ0n) is 16.9. The van der Waals surface area contributed by atoms with Crippen LogP contribution in [-0.2, 0) is 25.2 Å². The van der Waals surface area contributed by atoms with Gasteiger partial charge in [0, 0.05) is 24.7 Å². The molecule has 1 aromatic rings. The number of hydrogen-bond acceptors (Lipinski definition) is 6. The van der Waals surface area contributed by atoms with Gasteiger partial charge in [-0.2, -0.15) is 13.2 Å². The molecule has 160 valence electrons. The summed E-state index contributed by atoms with van der Waals surface area (Å²) in [5.74, 6) is -1.11. The number of aromatic nitrogens is 1. The van der Waals surface area contributed by atoms with E-state index in [1.165, 1.54) is 25.3 Å². The zero-order valence-corrected chi connectivity index (χ0v) is 16.9. The largest absolute Gasteiger partial charge is 0.469 e. The Kier molecular flexibility index (Phi) is 6.92. The van der Waals surface area contributed by atoms with Gasteiger partial charge < -0.3 is 14.4 Å². The first-order valence-corrected chi connectivity index (χ1v) is 9.23. The number of alkyl halides is 3. The van der Waals surface area contributed by atoms with Gasteiger partial charge in [-0.1, -0.05) is 0 Å². The first-order valence-electron chi connectivity index (χ1n) is 9.23. The van der Waals surface area contributed by atoms with Gasteiger partial charge in [-0.25, -0.2) is 9.78 Å². The van der Waals surface area contributed by atoms with E-state index >= 15 is 0 Å². The van der Waals surface area contributed by atoms with Crippen molar-refractivity contribution in [2.75, 3.05) is 25.1 Å². The van der Waals surface area contributed by atoms with E-state index in [4.69, 9.17) is 9.47 Å². The molecule has 9 heteroatoms. The van der Waals surface area contributed by atoms with E-state index in [2.05, 4.69) is 4.98 Å². The Morgan fingerprint density at radius 1 is 1.17 bits per heavy atom. The SMILES string of the molecule is COC(=O)C1CCN(c2nc(C(F)(F)F)ccc2/C=C/C(=O)OC(C)(C)C)CC1. The van der Waals surface area contributed by atoms with Gasteiger partial charge in [0.1, 0.15) is 17.1 Å². The highest BCUT2D eigenvalue weighted by Gasteiger charge is 2.34. The Labute approximate surface area is 167 Å². The molecule has 0 saturated carbocycles. The molecule has 0 radical (unpaired) electrons. The molecule has 2 rings (SSSR count). The maximum Gasteiger partial charge on any atom is 0.433 e. The minimum atomic E-state index is -4.59. The summed E-state index contributed by atoms with van der Waals surface area (Å²) < 4.78 is 49.4. The molecule has 0 aromatic carbocycles. The Morgan fingerprint density at radius 3 is 2.31 bits per heavy atom. The van der Waals surface area contributed by atoms with Crippen molar-refractivity contribution in [3.63, 3.8) is 0 Å². The lowest BCUT2D eigenvalue weighted by Gasteiger charge is -2.32. The summed E-state index contributed by atoms with van der Waals surface area (Å²) in [5.41, 5.74) is -1.34. The molecule has 0 N–H and O–H groups in total. The fraction of sp³-hybridized carbons (Fsp3) is 0.550. The maximum atomic E-state index is 13.1. The highest BCUT2D eigenvalue weighted by molar-refractivity contribution is 5.88. The lowest BCUT2D eigenvalue weighted by Crippen LogP contribution is -2.37. The summed E-state index contributed by atoms with van der Waals surface area (Å²) >= 11 is 0. The summed E-state index contributed by atoms with van der Waals surface area (Å²) in [5, 5.41) is 0. The lowest BCUT2D eigenvalue weighted by atomic mass is 9.96. The third-order valence-electron chi connectivity index (χ3n) is 4.33. The van der Waals surface area contributed by atoms with Crippen LogP contribution >= 0.6 is 0 Å². The van der Waals surface area contributed by atoms with Crippen LogP contribution in [0.5, 0.6) is 0 Å². The van der Waals surface area contributed by atoms with Gasteiger partial charge in [0.25, 0.3) is 0 Å². The van der Waals surface area contributed by atoms with Crippen molar-refractivity contribution < 1.29 is 32.2 Å². The Bertz CT molecular complexity index is 777. The van der Waals surface area contributed by atoms with E-state index in [9.17, 15) is 22.8 Å². The molecular weight excluding hydrogens is 389 g/mol. The van der Waals surface area contributed by atoms with Crippen molar-refractivity contribution >= 4 is 23.8 Å². The minimum absolute atomic E-state index is 0.114. The topological polar surface area (TPSA) is 68.7 Å². The van der Waals surface area contributed by atoms with Crippen LogP contribution in [0.3, 0.4) is 0 Å². The smallest absolute Gasteiger partial charge is 0.433 e. The van der Waals surface area contributed by atoms with Crippen LogP contribution in [0.25, 0.3) is 6.08 Å². The summed E-state index contributed by atoms with van der Waals surface area (Å²) in [4.78, 5) is 29.1. The average Bonchev–Trinajstić information content (AvgIpc) is 2.63. The molecule has 0 amide bonds. The summed E-state index contributed by atoms with van der Waals surface area (Å²) in [6, 6.07) is 2.15. The third kappa shape index (κ3) is 6.47. The van der Waals surface area contributed by atoms with E-state index < -0.39 is 23.4 Å². The highest BCUT2D eigenvalue weighted by atomic mass is 19.4. The zero-order chi connectivity index (χ0) is 21.8. The second-order valence-electron chi connectivity index (χ2n) is 7.76. The molecule has 0 spiro atoms. The third-order valence-corrected chi connectivity index (χ3v) is 4.33. The van der Waals surface area contributed by atoms with Gasteiger partial charge in [0.15, 0.2) is 0 Å². The van der Waals surface area contributed by atoms with Crippen LogP contribution < -0.4 is 4.90 Å². The number of esters is 2. The van der Waals surface area contributed by atoms with Crippen LogP contribution in [0, 0.1) is 5.92 Å². The average molecular weight is 414 g/mol. The normalized spacial score (nSPS) is 16.2. The number of halogens is 3. The second kappa shape index (κ2) is 8.84. The highest BCUT2D eigenvalue weighted by Crippen LogP contribution is 2.32. The Morgan fingerprint density at radius 2 is 1.79 bits per heavy atom. The molecule has 6 nitrogen and oxygen atoms in total. The van der Waals surface area contributed by atoms with Crippen LogP contribution in [0.15, 0.2) is 18.2 Å². The first-order chi connectivity index (χ1) is 13.4. The number of rotatable bonds is 4.